The molecule has 0 amide bonds. The summed E-state index contributed by atoms with van der Waals surface area (Å²) in [5.41, 5.74) is 0. The van der Waals surface area contributed by atoms with Crippen LogP contribution in [-0.4, -0.2) is 26.0 Å². The summed E-state index contributed by atoms with van der Waals surface area (Å²) >= 11 is 0. The summed E-state index contributed by atoms with van der Waals surface area (Å²) in [6.45, 7) is 2.22. The van der Waals surface area contributed by atoms with E-state index in [0.717, 1.165) is 0 Å². The van der Waals surface area contributed by atoms with Gasteiger partial charge in [0.15, 0.2) is 0 Å². The number of nitrogens with zero attached hydrogens (tertiary/aromatic N) is 3. The van der Waals surface area contributed by atoms with E-state index in [2.05, 4.69) is 10.1 Å². The smallest absolute Gasteiger partial charge is 0.137 e. The lowest BCUT2D eigenvalue weighted by Gasteiger charge is -2.00. The average Bonchev–Trinajstić information content (AvgIpc) is 2.15. The number of hydrogen-bond acceptors (Lipinski definition) is 3. The Balaban J connectivity index is 2.48. The van der Waals surface area contributed by atoms with Gasteiger partial charge in [-0.1, -0.05) is 0 Å². The topological polar surface area (TPSA) is 50.9 Å². The van der Waals surface area contributed by atoms with Gasteiger partial charge in [0.25, 0.3) is 0 Å². The summed E-state index contributed by atoms with van der Waals surface area (Å²) in [6.07, 6.45) is 2.67. The van der Waals surface area contributed by atoms with Crippen molar-refractivity contribution in [2.24, 2.45) is 0 Å². The molecule has 1 rings (SSSR count). The molecule has 0 fully saturated rings. The molecule has 0 aromatic carbocycles. The summed E-state index contributed by atoms with van der Waals surface area (Å²) in [5.74, 6) is 0. The van der Waals surface area contributed by atoms with Gasteiger partial charge in [-0.05, 0) is 6.92 Å². The predicted molar refractivity (Wildman–Crippen MR) is 31.7 cm³/mol. The summed E-state index contributed by atoms with van der Waals surface area (Å²) in [4.78, 5) is 3.72. The second-order valence-corrected chi connectivity index (χ2v) is 1.97. The first kappa shape index (κ1) is 6.22. The monoisotopic (exact) mass is 127 g/mol. The lowest BCUT2D eigenvalue weighted by molar-refractivity contribution is 0.168. The number of aliphatic hydroxyl groups is 1. The van der Waals surface area contributed by atoms with Crippen molar-refractivity contribution in [1.29, 1.82) is 0 Å². The Morgan fingerprint density at radius 3 is 3.00 bits per heavy atom. The van der Waals surface area contributed by atoms with E-state index in [1.165, 1.54) is 6.33 Å². The molecule has 9 heavy (non-hydrogen) atoms. The van der Waals surface area contributed by atoms with Crippen molar-refractivity contribution in [3.63, 3.8) is 0 Å². The van der Waals surface area contributed by atoms with Gasteiger partial charge < -0.3 is 5.11 Å². The maximum Gasteiger partial charge on any atom is 0.137 e. The van der Waals surface area contributed by atoms with E-state index in [9.17, 15) is 0 Å². The number of rotatable bonds is 2. The van der Waals surface area contributed by atoms with E-state index in [-0.39, 0.29) is 6.10 Å². The third-order valence-corrected chi connectivity index (χ3v) is 0.918. The van der Waals surface area contributed by atoms with E-state index in [4.69, 9.17) is 5.11 Å². The van der Waals surface area contributed by atoms with Crippen molar-refractivity contribution >= 4 is 0 Å². The first-order chi connectivity index (χ1) is 4.29. The molecule has 0 aliphatic heterocycles. The van der Waals surface area contributed by atoms with Gasteiger partial charge in [0.05, 0.1) is 12.6 Å². The van der Waals surface area contributed by atoms with Crippen molar-refractivity contribution in [3.8, 4) is 0 Å². The van der Waals surface area contributed by atoms with Gasteiger partial charge in [0, 0.05) is 0 Å². The Bertz CT molecular complexity index is 159. The fourth-order valence-corrected chi connectivity index (χ4v) is 0.598. The lowest BCUT2D eigenvalue weighted by Crippen LogP contribution is -2.11. The second-order valence-electron chi connectivity index (χ2n) is 1.97. The van der Waals surface area contributed by atoms with Gasteiger partial charge in [-0.2, -0.15) is 5.10 Å². The van der Waals surface area contributed by atoms with E-state index in [0.29, 0.717) is 6.54 Å². The van der Waals surface area contributed by atoms with Gasteiger partial charge in [-0.25, -0.2) is 4.98 Å². The van der Waals surface area contributed by atoms with E-state index >= 15 is 0 Å². The maximum absolute atomic E-state index is 8.84. The maximum atomic E-state index is 8.84. The molecular weight excluding hydrogens is 118 g/mol. The zero-order chi connectivity index (χ0) is 6.69. The van der Waals surface area contributed by atoms with Crippen molar-refractivity contribution in [3.05, 3.63) is 12.7 Å². The van der Waals surface area contributed by atoms with Crippen LogP contribution < -0.4 is 0 Å². The molecule has 0 aliphatic carbocycles. The van der Waals surface area contributed by atoms with E-state index in [1.54, 1.807) is 17.9 Å². The molecule has 0 saturated heterocycles. The predicted octanol–water partition coefficient (Wildman–Crippen LogP) is -0.341. The molecule has 0 aliphatic rings. The molecule has 4 nitrogen and oxygen atoms in total. The van der Waals surface area contributed by atoms with Crippen LogP contribution in [0.5, 0.6) is 0 Å². The minimum Gasteiger partial charge on any atom is -0.391 e. The lowest BCUT2D eigenvalue weighted by atomic mass is 10.4. The van der Waals surface area contributed by atoms with Crippen LogP contribution in [0.25, 0.3) is 0 Å². The van der Waals surface area contributed by atoms with E-state index < -0.39 is 0 Å². The fraction of sp³-hybridized carbons (Fsp3) is 0.600. The highest BCUT2D eigenvalue weighted by molar-refractivity contribution is 4.57. The standard InChI is InChI=1S/C5H9N3O/c1-5(9)2-8-4-6-3-7-8/h3-5,9H,2H2,1H3. The Labute approximate surface area is 53.1 Å². The summed E-state index contributed by atoms with van der Waals surface area (Å²) in [7, 11) is 0. The summed E-state index contributed by atoms with van der Waals surface area (Å²) < 4.78 is 1.59. The van der Waals surface area contributed by atoms with Gasteiger partial charge in [-0.15, -0.1) is 0 Å². The average molecular weight is 127 g/mol. The molecule has 1 aromatic rings. The Kier molecular flexibility index (Phi) is 1.79. The van der Waals surface area contributed by atoms with Gasteiger partial charge >= 0.3 is 0 Å². The van der Waals surface area contributed by atoms with Crippen LogP contribution in [0, 0.1) is 0 Å². The third-order valence-electron chi connectivity index (χ3n) is 0.918. The first-order valence-corrected chi connectivity index (χ1v) is 2.79. The fourth-order valence-electron chi connectivity index (χ4n) is 0.598. The highest BCUT2D eigenvalue weighted by Gasteiger charge is 1.95. The number of aliphatic hydroxyl groups excluding tert-OH is 1. The molecule has 0 bridgehead atoms. The zero-order valence-electron chi connectivity index (χ0n) is 5.23. The van der Waals surface area contributed by atoms with Crippen LogP contribution in [0.4, 0.5) is 0 Å². The zero-order valence-corrected chi connectivity index (χ0v) is 5.23. The highest BCUT2D eigenvalue weighted by Crippen LogP contribution is 1.85. The normalized spacial score (nSPS) is 13.6. The Morgan fingerprint density at radius 1 is 1.78 bits per heavy atom. The number of aromatic nitrogens is 3. The molecule has 0 saturated carbocycles. The Hall–Kier alpha value is -0.900. The van der Waals surface area contributed by atoms with Crippen molar-refractivity contribution in [2.75, 3.05) is 0 Å². The minimum atomic E-state index is -0.355. The molecule has 0 radical (unpaired) electrons. The molecule has 1 atom stereocenters. The molecule has 1 unspecified atom stereocenters. The van der Waals surface area contributed by atoms with Crippen LogP contribution in [0.15, 0.2) is 12.7 Å². The first-order valence-electron chi connectivity index (χ1n) is 2.79. The van der Waals surface area contributed by atoms with Crippen LogP contribution in [0.2, 0.25) is 0 Å². The van der Waals surface area contributed by atoms with Crippen LogP contribution in [0.3, 0.4) is 0 Å². The van der Waals surface area contributed by atoms with E-state index in [1.807, 2.05) is 0 Å². The van der Waals surface area contributed by atoms with Gasteiger partial charge in [0.2, 0.25) is 0 Å². The molecular formula is C5H9N3O. The Morgan fingerprint density at radius 2 is 2.56 bits per heavy atom. The molecule has 1 heterocycles. The third kappa shape index (κ3) is 1.81. The van der Waals surface area contributed by atoms with Crippen molar-refractivity contribution < 1.29 is 5.11 Å². The molecule has 50 valence electrons. The van der Waals surface area contributed by atoms with Crippen LogP contribution in [-0.2, 0) is 6.54 Å². The van der Waals surface area contributed by atoms with Crippen molar-refractivity contribution in [1.82, 2.24) is 14.8 Å². The molecule has 0 spiro atoms. The molecule has 4 heteroatoms. The quantitative estimate of drug-likeness (QED) is 0.591. The van der Waals surface area contributed by atoms with Gasteiger partial charge in [0.1, 0.15) is 12.7 Å². The molecule has 1 N–H and O–H groups in total. The largest absolute Gasteiger partial charge is 0.391 e. The summed E-state index contributed by atoms with van der Waals surface area (Å²) in [6, 6.07) is 0. The highest BCUT2D eigenvalue weighted by atomic mass is 16.3. The van der Waals surface area contributed by atoms with Crippen LogP contribution >= 0.6 is 0 Å². The van der Waals surface area contributed by atoms with Crippen molar-refractivity contribution in [2.45, 2.75) is 19.6 Å². The minimum absolute atomic E-state index is 0.355. The second kappa shape index (κ2) is 2.59. The summed E-state index contributed by atoms with van der Waals surface area (Å²) in [5, 5.41) is 12.6. The van der Waals surface area contributed by atoms with Crippen LogP contribution in [0.1, 0.15) is 6.92 Å². The molecule has 1 aromatic heterocycles. The number of hydrogen-bond donors (Lipinski definition) is 1. The SMILES string of the molecule is CC(O)Cn1cncn1. The van der Waals surface area contributed by atoms with Gasteiger partial charge in [-0.3, -0.25) is 4.68 Å².